The Morgan fingerprint density at radius 3 is 2.80 bits per heavy atom. The zero-order chi connectivity index (χ0) is 17.9. The molecule has 0 unspecified atom stereocenters. The van der Waals surface area contributed by atoms with Crippen LogP contribution in [0.4, 0.5) is 5.69 Å². The van der Waals surface area contributed by atoms with Crippen LogP contribution in [0.3, 0.4) is 0 Å². The van der Waals surface area contributed by atoms with Gasteiger partial charge in [-0.3, -0.25) is 4.79 Å². The maximum Gasteiger partial charge on any atom is 0.277 e. The normalized spacial score (nSPS) is 20.3. The molecule has 0 spiro atoms. The molecule has 1 amide bonds. The average molecular weight is 381 g/mol. The second-order valence-electron chi connectivity index (χ2n) is 6.05. The molecular weight excluding hydrogens is 362 g/mol. The molecule has 1 aliphatic heterocycles. The molecule has 1 N–H and O–H groups in total. The van der Waals surface area contributed by atoms with Crippen LogP contribution in [-0.2, 0) is 21.1 Å². The molecule has 1 aromatic heterocycles. The second-order valence-corrected chi connectivity index (χ2v) is 9.57. The van der Waals surface area contributed by atoms with E-state index in [2.05, 4.69) is 15.5 Å². The summed E-state index contributed by atoms with van der Waals surface area (Å²) in [4.78, 5) is 12.2. The third-order valence-electron chi connectivity index (χ3n) is 3.93. The quantitative estimate of drug-likeness (QED) is 0.765. The lowest BCUT2D eigenvalue weighted by molar-refractivity contribution is -0.115. The predicted molar refractivity (Wildman–Crippen MR) is 95.2 cm³/mol. The molecule has 9 heteroatoms. The van der Waals surface area contributed by atoms with E-state index in [1.54, 1.807) is 6.92 Å². The zero-order valence-electron chi connectivity index (χ0n) is 13.7. The van der Waals surface area contributed by atoms with Crippen LogP contribution in [0.1, 0.15) is 19.2 Å². The molecule has 0 bridgehead atoms. The van der Waals surface area contributed by atoms with Crippen molar-refractivity contribution in [2.24, 2.45) is 5.92 Å². The lowest BCUT2D eigenvalue weighted by Crippen LogP contribution is -2.22. The number of benzene rings is 1. The number of hydrogen-bond acceptors (Lipinski definition) is 7. The summed E-state index contributed by atoms with van der Waals surface area (Å²) in [5.41, 5.74) is 0.730. The number of sulfone groups is 1. The lowest BCUT2D eigenvalue weighted by atomic mass is 10.1. The Hall–Kier alpha value is -1.87. The zero-order valence-corrected chi connectivity index (χ0v) is 15.3. The summed E-state index contributed by atoms with van der Waals surface area (Å²) in [6, 6.07) is 9.21. The van der Waals surface area contributed by atoms with E-state index < -0.39 is 15.1 Å². The molecule has 25 heavy (non-hydrogen) atoms. The summed E-state index contributed by atoms with van der Waals surface area (Å²) in [5.74, 6) is 0.692. The van der Waals surface area contributed by atoms with Crippen molar-refractivity contribution in [3.8, 4) is 0 Å². The van der Waals surface area contributed by atoms with Crippen LogP contribution in [0.2, 0.25) is 0 Å². The standard InChI is InChI=1S/C16H19N3O4S2/c1-11(15(20)17-13-5-3-2-4-6-13)24-16-19-18-14(23-16)9-12-7-8-25(21,22)10-12/h2-6,11-12H,7-10H2,1H3,(H,17,20)/t11-,12-/m0/s1. The van der Waals surface area contributed by atoms with Gasteiger partial charge in [0.05, 0.1) is 16.8 Å². The van der Waals surface area contributed by atoms with Crippen LogP contribution in [0.5, 0.6) is 0 Å². The summed E-state index contributed by atoms with van der Waals surface area (Å²) in [6.07, 6.45) is 1.08. The number of carbonyl (C=O) groups is 1. The van der Waals surface area contributed by atoms with Gasteiger partial charge in [0, 0.05) is 12.1 Å². The number of hydrogen-bond donors (Lipinski definition) is 1. The van der Waals surface area contributed by atoms with Gasteiger partial charge in [-0.15, -0.1) is 10.2 Å². The van der Waals surface area contributed by atoms with Gasteiger partial charge >= 0.3 is 0 Å². The van der Waals surface area contributed by atoms with Crippen LogP contribution < -0.4 is 5.32 Å². The number of nitrogens with one attached hydrogen (secondary N) is 1. The second kappa shape index (κ2) is 7.57. The van der Waals surface area contributed by atoms with Gasteiger partial charge in [0.2, 0.25) is 11.8 Å². The molecule has 7 nitrogen and oxygen atoms in total. The molecule has 2 heterocycles. The van der Waals surface area contributed by atoms with E-state index in [1.807, 2.05) is 30.3 Å². The molecule has 0 radical (unpaired) electrons. The van der Waals surface area contributed by atoms with Gasteiger partial charge in [0.15, 0.2) is 9.84 Å². The van der Waals surface area contributed by atoms with Crippen molar-refractivity contribution in [1.82, 2.24) is 10.2 Å². The molecule has 1 saturated heterocycles. The molecule has 134 valence electrons. The first-order valence-electron chi connectivity index (χ1n) is 7.97. The van der Waals surface area contributed by atoms with Crippen molar-refractivity contribution < 1.29 is 17.6 Å². The van der Waals surface area contributed by atoms with Gasteiger partial charge in [-0.25, -0.2) is 8.42 Å². The fraction of sp³-hybridized carbons (Fsp3) is 0.438. The van der Waals surface area contributed by atoms with Gasteiger partial charge in [-0.2, -0.15) is 0 Å². The minimum Gasteiger partial charge on any atom is -0.416 e. The highest BCUT2D eigenvalue weighted by atomic mass is 32.2. The van der Waals surface area contributed by atoms with Gasteiger partial charge in [-0.1, -0.05) is 30.0 Å². The molecule has 0 aliphatic carbocycles. The van der Waals surface area contributed by atoms with Crippen LogP contribution in [0.25, 0.3) is 0 Å². The predicted octanol–water partition coefficient (Wildman–Crippen LogP) is 2.17. The van der Waals surface area contributed by atoms with Crippen LogP contribution in [0, 0.1) is 5.92 Å². The highest BCUT2D eigenvalue weighted by Crippen LogP contribution is 2.26. The topological polar surface area (TPSA) is 102 Å². The minimum absolute atomic E-state index is 0.0297. The van der Waals surface area contributed by atoms with Gasteiger partial charge < -0.3 is 9.73 Å². The summed E-state index contributed by atoms with van der Waals surface area (Å²) in [7, 11) is -2.92. The molecule has 1 fully saturated rings. The molecular formula is C16H19N3O4S2. The van der Waals surface area contributed by atoms with Crippen molar-refractivity contribution in [3.05, 3.63) is 36.2 Å². The lowest BCUT2D eigenvalue weighted by Gasteiger charge is -2.09. The number of nitrogens with zero attached hydrogens (tertiary/aromatic N) is 2. The summed E-state index contributed by atoms with van der Waals surface area (Å²) < 4.78 is 28.5. The average Bonchev–Trinajstić information content (AvgIpc) is 3.14. The first-order chi connectivity index (χ1) is 11.9. The van der Waals surface area contributed by atoms with E-state index in [0.717, 1.165) is 5.69 Å². The molecule has 0 saturated carbocycles. The van der Waals surface area contributed by atoms with E-state index in [1.165, 1.54) is 11.8 Å². The Kier molecular flexibility index (Phi) is 5.43. The van der Waals surface area contributed by atoms with Crippen molar-refractivity contribution in [2.45, 2.75) is 30.2 Å². The molecule has 3 rings (SSSR count). The number of rotatable bonds is 6. The third-order valence-corrected chi connectivity index (χ3v) is 6.70. The fourth-order valence-electron chi connectivity index (χ4n) is 2.62. The number of carbonyl (C=O) groups excluding carboxylic acids is 1. The highest BCUT2D eigenvalue weighted by Gasteiger charge is 2.29. The SMILES string of the molecule is C[C@H](Sc1nnc(C[C@@H]2CCS(=O)(=O)C2)o1)C(=O)Nc1ccccc1. The Balaban J connectivity index is 1.53. The smallest absolute Gasteiger partial charge is 0.277 e. The van der Waals surface area contributed by atoms with Gasteiger partial charge in [-0.05, 0) is 31.4 Å². The fourth-order valence-corrected chi connectivity index (χ4v) is 5.18. The van der Waals surface area contributed by atoms with E-state index in [-0.39, 0.29) is 23.3 Å². The Labute approximate surface area is 150 Å². The molecule has 1 aromatic carbocycles. The monoisotopic (exact) mass is 381 g/mol. The first kappa shape index (κ1) is 17.9. The maximum atomic E-state index is 12.2. The van der Waals surface area contributed by atoms with Crippen LogP contribution in [-0.4, -0.2) is 41.3 Å². The minimum atomic E-state index is -2.92. The number of para-hydroxylation sites is 1. The molecule has 2 atom stereocenters. The van der Waals surface area contributed by atoms with Crippen LogP contribution in [0.15, 0.2) is 40.0 Å². The van der Waals surface area contributed by atoms with E-state index in [0.29, 0.717) is 24.0 Å². The number of thioether (sulfide) groups is 1. The number of aromatic nitrogens is 2. The van der Waals surface area contributed by atoms with Crippen molar-refractivity contribution in [2.75, 3.05) is 16.8 Å². The maximum absolute atomic E-state index is 12.2. The van der Waals surface area contributed by atoms with Gasteiger partial charge in [0.25, 0.3) is 5.22 Å². The van der Waals surface area contributed by atoms with Crippen molar-refractivity contribution in [3.63, 3.8) is 0 Å². The number of anilines is 1. The molecule has 2 aromatic rings. The van der Waals surface area contributed by atoms with Crippen LogP contribution >= 0.6 is 11.8 Å². The summed E-state index contributed by atoms with van der Waals surface area (Å²) in [6.45, 7) is 1.76. The number of amides is 1. The van der Waals surface area contributed by atoms with Crippen molar-refractivity contribution in [1.29, 1.82) is 0 Å². The van der Waals surface area contributed by atoms with Gasteiger partial charge in [0.1, 0.15) is 0 Å². The van der Waals surface area contributed by atoms with E-state index in [9.17, 15) is 13.2 Å². The largest absolute Gasteiger partial charge is 0.416 e. The Morgan fingerprint density at radius 1 is 1.36 bits per heavy atom. The first-order valence-corrected chi connectivity index (χ1v) is 10.7. The van der Waals surface area contributed by atoms with E-state index in [4.69, 9.17) is 4.42 Å². The molecule has 1 aliphatic rings. The van der Waals surface area contributed by atoms with E-state index >= 15 is 0 Å². The third kappa shape index (κ3) is 5.05. The van der Waals surface area contributed by atoms with Crippen molar-refractivity contribution >= 4 is 33.2 Å². The Morgan fingerprint density at radius 2 is 2.12 bits per heavy atom. The highest BCUT2D eigenvalue weighted by molar-refractivity contribution is 8.00. The Bertz CT molecular complexity index is 836. The summed E-state index contributed by atoms with van der Waals surface area (Å²) >= 11 is 1.18. The summed E-state index contributed by atoms with van der Waals surface area (Å²) in [5, 5.41) is 10.6.